The van der Waals surface area contributed by atoms with Crippen LogP contribution < -0.4 is 10.1 Å². The van der Waals surface area contributed by atoms with Crippen LogP contribution in [0.3, 0.4) is 0 Å². The third kappa shape index (κ3) is 3.26. The van der Waals surface area contributed by atoms with Crippen molar-refractivity contribution in [2.24, 2.45) is 0 Å². The van der Waals surface area contributed by atoms with Gasteiger partial charge in [0, 0.05) is 43.6 Å². The summed E-state index contributed by atoms with van der Waals surface area (Å²) in [5.74, 6) is 0.570. The molecule has 140 valence electrons. The number of H-pyrrole nitrogens is 1. The van der Waals surface area contributed by atoms with Gasteiger partial charge < -0.3 is 19.9 Å². The molecule has 2 aromatic rings. The summed E-state index contributed by atoms with van der Waals surface area (Å²) in [4.78, 5) is 32.4. The van der Waals surface area contributed by atoms with Gasteiger partial charge in [-0.15, -0.1) is 0 Å². The molecule has 0 saturated carbocycles. The van der Waals surface area contributed by atoms with E-state index in [0.717, 1.165) is 16.7 Å². The SMILES string of the molecule is CNC(=O)[C@H]1CN(C(=O)c2cc3c(OC)cccc3[nH]2)CCN1C(C)C. The van der Waals surface area contributed by atoms with Crippen molar-refractivity contribution in [3.63, 3.8) is 0 Å². The number of methoxy groups -OCH3 is 1. The number of hydrogen-bond acceptors (Lipinski definition) is 4. The number of nitrogens with zero attached hydrogens (tertiary/aromatic N) is 2. The topological polar surface area (TPSA) is 77.7 Å². The Morgan fingerprint density at radius 1 is 1.31 bits per heavy atom. The summed E-state index contributed by atoms with van der Waals surface area (Å²) >= 11 is 0. The minimum Gasteiger partial charge on any atom is -0.496 e. The van der Waals surface area contributed by atoms with E-state index in [9.17, 15) is 9.59 Å². The first-order valence-corrected chi connectivity index (χ1v) is 8.88. The fraction of sp³-hybridized carbons (Fsp3) is 0.474. The number of carbonyl (C=O) groups is 2. The van der Waals surface area contributed by atoms with E-state index < -0.39 is 0 Å². The van der Waals surface area contributed by atoms with Gasteiger partial charge in [0.05, 0.1) is 7.11 Å². The minimum atomic E-state index is -0.336. The van der Waals surface area contributed by atoms with Gasteiger partial charge in [-0.05, 0) is 32.0 Å². The maximum atomic E-state index is 13.0. The Morgan fingerprint density at radius 3 is 2.73 bits per heavy atom. The summed E-state index contributed by atoms with van der Waals surface area (Å²) in [5, 5.41) is 3.59. The number of fused-ring (bicyclic) bond motifs is 1. The van der Waals surface area contributed by atoms with Gasteiger partial charge >= 0.3 is 0 Å². The average molecular weight is 358 g/mol. The summed E-state index contributed by atoms with van der Waals surface area (Å²) in [6.07, 6.45) is 0. The molecule has 1 aromatic carbocycles. The van der Waals surface area contributed by atoms with Gasteiger partial charge in [0.1, 0.15) is 17.5 Å². The second-order valence-electron chi connectivity index (χ2n) is 6.82. The van der Waals surface area contributed by atoms with Crippen LogP contribution in [-0.4, -0.2) is 72.5 Å². The highest BCUT2D eigenvalue weighted by atomic mass is 16.5. The molecular weight excluding hydrogens is 332 g/mol. The van der Waals surface area contributed by atoms with E-state index in [0.29, 0.717) is 25.3 Å². The van der Waals surface area contributed by atoms with Crippen molar-refractivity contribution < 1.29 is 14.3 Å². The summed E-state index contributed by atoms with van der Waals surface area (Å²) in [7, 11) is 3.24. The number of likely N-dealkylation sites (N-methyl/N-ethyl adjacent to an activating group) is 1. The number of benzene rings is 1. The lowest BCUT2D eigenvalue weighted by atomic mass is 10.1. The normalized spacial score (nSPS) is 18.3. The lowest BCUT2D eigenvalue weighted by Crippen LogP contribution is -2.61. The van der Waals surface area contributed by atoms with Crippen molar-refractivity contribution >= 4 is 22.7 Å². The zero-order chi connectivity index (χ0) is 18.8. The van der Waals surface area contributed by atoms with Crippen molar-refractivity contribution in [3.8, 4) is 5.75 Å². The summed E-state index contributed by atoms with van der Waals surface area (Å²) < 4.78 is 5.36. The highest BCUT2D eigenvalue weighted by Gasteiger charge is 2.35. The lowest BCUT2D eigenvalue weighted by molar-refractivity contribution is -0.128. The molecule has 1 fully saturated rings. The summed E-state index contributed by atoms with van der Waals surface area (Å²) in [5.41, 5.74) is 1.37. The molecule has 1 aliphatic heterocycles. The lowest BCUT2D eigenvalue weighted by Gasteiger charge is -2.42. The molecule has 1 atom stereocenters. The minimum absolute atomic E-state index is 0.0606. The van der Waals surface area contributed by atoms with Crippen LogP contribution in [0.1, 0.15) is 24.3 Å². The van der Waals surface area contributed by atoms with E-state index in [-0.39, 0.29) is 23.9 Å². The molecule has 3 rings (SSSR count). The molecule has 7 heteroatoms. The Bertz CT molecular complexity index is 814. The number of aromatic nitrogens is 1. The quantitative estimate of drug-likeness (QED) is 0.867. The van der Waals surface area contributed by atoms with Gasteiger partial charge in [0.2, 0.25) is 5.91 Å². The van der Waals surface area contributed by atoms with Gasteiger partial charge in [-0.2, -0.15) is 0 Å². The van der Waals surface area contributed by atoms with Crippen molar-refractivity contribution in [3.05, 3.63) is 30.0 Å². The molecule has 2 amide bonds. The third-order valence-electron chi connectivity index (χ3n) is 5.00. The van der Waals surface area contributed by atoms with Crippen LogP contribution in [0.25, 0.3) is 10.9 Å². The number of aromatic amines is 1. The number of ether oxygens (including phenoxy) is 1. The number of nitrogens with one attached hydrogen (secondary N) is 2. The Kier molecular flexibility index (Phi) is 5.18. The molecule has 26 heavy (non-hydrogen) atoms. The van der Waals surface area contributed by atoms with E-state index in [4.69, 9.17) is 4.74 Å². The van der Waals surface area contributed by atoms with Crippen molar-refractivity contribution in [2.45, 2.75) is 25.9 Å². The number of piperazine rings is 1. The molecule has 0 radical (unpaired) electrons. The van der Waals surface area contributed by atoms with Gasteiger partial charge in [0.25, 0.3) is 5.91 Å². The van der Waals surface area contributed by atoms with Crippen LogP contribution in [0.4, 0.5) is 0 Å². The number of rotatable bonds is 4. The molecule has 1 aromatic heterocycles. The Balaban J connectivity index is 1.85. The second kappa shape index (κ2) is 7.37. The first-order valence-electron chi connectivity index (χ1n) is 8.88. The van der Waals surface area contributed by atoms with E-state index in [1.165, 1.54) is 0 Å². The number of amides is 2. The predicted octanol–water partition coefficient (Wildman–Crippen LogP) is 1.46. The van der Waals surface area contributed by atoms with Crippen LogP contribution in [-0.2, 0) is 4.79 Å². The van der Waals surface area contributed by atoms with E-state index in [1.54, 1.807) is 19.1 Å². The summed E-state index contributed by atoms with van der Waals surface area (Å²) in [6.45, 7) is 5.78. The molecule has 7 nitrogen and oxygen atoms in total. The molecule has 1 saturated heterocycles. The van der Waals surface area contributed by atoms with Crippen LogP contribution >= 0.6 is 0 Å². The summed E-state index contributed by atoms with van der Waals surface area (Å²) in [6, 6.07) is 7.39. The van der Waals surface area contributed by atoms with E-state index in [2.05, 4.69) is 29.0 Å². The van der Waals surface area contributed by atoms with Gasteiger partial charge in [0.15, 0.2) is 0 Å². The molecule has 2 N–H and O–H groups in total. The third-order valence-corrected chi connectivity index (χ3v) is 5.00. The Labute approximate surface area is 153 Å². The van der Waals surface area contributed by atoms with Crippen molar-refractivity contribution in [2.75, 3.05) is 33.8 Å². The van der Waals surface area contributed by atoms with Crippen LogP contribution in [0, 0.1) is 0 Å². The highest BCUT2D eigenvalue weighted by molar-refractivity contribution is 6.00. The maximum absolute atomic E-state index is 13.0. The Hall–Kier alpha value is -2.54. The zero-order valence-electron chi connectivity index (χ0n) is 15.7. The van der Waals surface area contributed by atoms with Crippen LogP contribution in [0.2, 0.25) is 0 Å². The molecule has 2 heterocycles. The fourth-order valence-corrected chi connectivity index (χ4v) is 3.59. The van der Waals surface area contributed by atoms with Crippen molar-refractivity contribution in [1.29, 1.82) is 0 Å². The van der Waals surface area contributed by atoms with Gasteiger partial charge in [-0.1, -0.05) is 6.07 Å². The monoisotopic (exact) mass is 358 g/mol. The Morgan fingerprint density at radius 2 is 2.08 bits per heavy atom. The fourth-order valence-electron chi connectivity index (χ4n) is 3.59. The number of hydrogen-bond donors (Lipinski definition) is 2. The molecule has 0 aliphatic carbocycles. The maximum Gasteiger partial charge on any atom is 0.270 e. The highest BCUT2D eigenvalue weighted by Crippen LogP contribution is 2.27. The van der Waals surface area contributed by atoms with E-state index >= 15 is 0 Å². The smallest absolute Gasteiger partial charge is 0.270 e. The second-order valence-corrected chi connectivity index (χ2v) is 6.82. The molecular formula is C19H26N4O3. The number of carbonyl (C=O) groups excluding carboxylic acids is 2. The standard InChI is InChI=1S/C19H26N4O3/c1-12(2)23-9-8-22(11-16(23)18(24)20-3)19(25)15-10-13-14(21-15)6-5-7-17(13)26-4/h5-7,10,12,16,21H,8-9,11H2,1-4H3,(H,20,24)/t16-/m1/s1. The van der Waals surface area contributed by atoms with Crippen molar-refractivity contribution in [1.82, 2.24) is 20.1 Å². The molecule has 0 spiro atoms. The molecule has 1 aliphatic rings. The van der Waals surface area contributed by atoms with Crippen LogP contribution in [0.15, 0.2) is 24.3 Å². The van der Waals surface area contributed by atoms with Crippen LogP contribution in [0.5, 0.6) is 5.75 Å². The predicted molar refractivity (Wildman–Crippen MR) is 100 cm³/mol. The largest absolute Gasteiger partial charge is 0.496 e. The first-order chi connectivity index (χ1) is 12.5. The molecule has 0 bridgehead atoms. The van der Waals surface area contributed by atoms with Gasteiger partial charge in [-0.3, -0.25) is 14.5 Å². The first kappa shape index (κ1) is 18.3. The van der Waals surface area contributed by atoms with Gasteiger partial charge in [-0.25, -0.2) is 0 Å². The molecule has 0 unspecified atom stereocenters. The zero-order valence-corrected chi connectivity index (χ0v) is 15.7. The van der Waals surface area contributed by atoms with E-state index in [1.807, 2.05) is 24.3 Å². The average Bonchev–Trinajstić information content (AvgIpc) is 3.10.